The highest BCUT2D eigenvalue weighted by atomic mass is 32.2. The van der Waals surface area contributed by atoms with Crippen molar-refractivity contribution in [3.8, 4) is 28.7 Å². The standard InChI is InChI=1S/3C19H18N2O3S.2C18H14F2N2O3S/c1-15-7-5-10-17(13-15)25(22,23)21-19-18(11-6-12-20-19)24-14-16-8-3-2-4-9-16;1-15-8-5-6-12-18(15)25(22,23)21-19-17(11-7-13-20-19)24-14-16-9-3-2-4-10-16;1-15-9-11-17(12-10-15)25(22,23)21-19-18(8-5-13-20-19)24-14-16-6-3-2-4-7-16;19-14-8-9-17(15(20)11-14)26(23,24)22-18-16(7-4-10-21-18)25-12-13-5-2-1-3-6-13;19-14-9-15(20)11-16(10-14)26(23,24)22-18-17(7-4-8-21-18)25-12-13-5-2-1-3-6-13/h3*2-13H,14H2,1H3,(H,20,21);2*1-11H,12H2,(H,21,22). The van der Waals surface area contributed by atoms with Crippen LogP contribution in [0.3, 0.4) is 0 Å². The first-order valence-corrected chi connectivity index (χ1v) is 45.8. The van der Waals surface area contributed by atoms with E-state index in [0.717, 1.165) is 63.2 Å². The molecule has 0 atom stereocenters. The summed E-state index contributed by atoms with van der Waals surface area (Å²) in [4.78, 5) is 19.6. The Morgan fingerprint density at radius 3 is 0.882 bits per heavy atom. The molecule has 0 aliphatic heterocycles. The smallest absolute Gasteiger partial charge is 0.266 e. The quantitative estimate of drug-likeness (QED) is 0.0261. The molecule has 0 amide bonds. The fraction of sp³-hybridized carbons (Fsp3) is 0.0860. The lowest BCUT2D eigenvalue weighted by molar-refractivity contribution is 0.307. The van der Waals surface area contributed by atoms with E-state index in [-0.39, 0.29) is 68.5 Å². The van der Waals surface area contributed by atoms with Crippen molar-refractivity contribution in [3.63, 3.8) is 0 Å². The highest BCUT2D eigenvalue weighted by Gasteiger charge is 2.26. The summed E-state index contributed by atoms with van der Waals surface area (Å²) in [6.07, 6.45) is 7.30. The molecule has 0 saturated heterocycles. The third-order valence-corrected chi connectivity index (χ3v) is 24.4. The molecule has 652 valence electrons. The number of hydrogen-bond acceptors (Lipinski definition) is 20. The Bertz CT molecular complexity index is 6750. The summed E-state index contributed by atoms with van der Waals surface area (Å²) in [5.74, 6) is -2.21. The lowest BCUT2D eigenvalue weighted by Gasteiger charge is -2.13. The zero-order valence-electron chi connectivity index (χ0n) is 67.9. The lowest BCUT2D eigenvalue weighted by atomic mass is 10.2. The second kappa shape index (κ2) is 44.7. The topological polar surface area (TPSA) is 341 Å². The van der Waals surface area contributed by atoms with E-state index in [4.69, 9.17) is 23.7 Å². The number of pyridine rings is 5. The fourth-order valence-corrected chi connectivity index (χ4v) is 16.8. The number of aromatic nitrogens is 5. The molecule has 25 nitrogen and oxygen atoms in total. The Balaban J connectivity index is 0.000000154. The molecule has 15 rings (SSSR count). The van der Waals surface area contributed by atoms with E-state index in [9.17, 15) is 59.7 Å². The van der Waals surface area contributed by atoms with E-state index in [1.54, 1.807) is 128 Å². The van der Waals surface area contributed by atoms with Crippen molar-refractivity contribution in [2.75, 3.05) is 23.6 Å². The molecule has 0 fully saturated rings. The van der Waals surface area contributed by atoms with Crippen LogP contribution in [0.15, 0.2) is 377 Å². The number of anilines is 5. The summed E-state index contributed by atoms with van der Waals surface area (Å²) < 4.78 is 219. The van der Waals surface area contributed by atoms with Crippen LogP contribution >= 0.6 is 0 Å². The number of benzene rings is 10. The minimum Gasteiger partial charge on any atom is -0.485 e. The minimum atomic E-state index is -4.30. The zero-order valence-corrected chi connectivity index (χ0v) is 72.0. The predicted molar refractivity (Wildman–Crippen MR) is 475 cm³/mol. The first-order chi connectivity index (χ1) is 61.0. The molecule has 127 heavy (non-hydrogen) atoms. The summed E-state index contributed by atoms with van der Waals surface area (Å²) >= 11 is 0. The number of rotatable bonds is 30. The number of sulfonamides is 5. The van der Waals surface area contributed by atoms with Crippen molar-refractivity contribution in [1.82, 2.24) is 24.9 Å². The number of nitrogens with zero attached hydrogens (tertiary/aromatic N) is 5. The molecule has 0 spiro atoms. The fourth-order valence-electron chi connectivity index (χ4n) is 11.3. The summed E-state index contributed by atoms with van der Waals surface area (Å²) in [6, 6.07) is 88.2. The van der Waals surface area contributed by atoms with Crippen LogP contribution in [-0.4, -0.2) is 67.0 Å². The molecule has 0 radical (unpaired) electrons. The van der Waals surface area contributed by atoms with Crippen molar-refractivity contribution in [3.05, 3.63) is 420 Å². The molecule has 0 bridgehead atoms. The van der Waals surface area contributed by atoms with Gasteiger partial charge in [-0.05, 0) is 175 Å². The van der Waals surface area contributed by atoms with Gasteiger partial charge in [0.05, 0.1) is 19.6 Å². The van der Waals surface area contributed by atoms with Gasteiger partial charge >= 0.3 is 0 Å². The molecule has 34 heteroatoms. The molecule has 5 heterocycles. The number of ether oxygens (including phenoxy) is 5. The summed E-state index contributed by atoms with van der Waals surface area (Å²) in [5.41, 5.74) is 7.24. The van der Waals surface area contributed by atoms with E-state index in [2.05, 4.69) is 48.5 Å². The second-order valence-corrected chi connectivity index (χ2v) is 35.6. The van der Waals surface area contributed by atoms with Gasteiger partial charge in [0.15, 0.2) is 57.8 Å². The van der Waals surface area contributed by atoms with Crippen molar-refractivity contribution >= 4 is 79.2 Å². The normalized spacial score (nSPS) is 11.1. The highest BCUT2D eigenvalue weighted by molar-refractivity contribution is 7.94. The van der Waals surface area contributed by atoms with Gasteiger partial charge in [0.1, 0.15) is 61.2 Å². The van der Waals surface area contributed by atoms with Crippen molar-refractivity contribution in [2.24, 2.45) is 0 Å². The number of halogens is 4. The van der Waals surface area contributed by atoms with Crippen molar-refractivity contribution in [2.45, 2.75) is 78.3 Å². The van der Waals surface area contributed by atoms with E-state index < -0.39 is 83.2 Å². The zero-order chi connectivity index (χ0) is 90.2. The van der Waals surface area contributed by atoms with Gasteiger partial charge in [0.25, 0.3) is 50.1 Å². The summed E-state index contributed by atoms with van der Waals surface area (Å²) in [7, 11) is -19.7. The van der Waals surface area contributed by atoms with Gasteiger partial charge in [0.2, 0.25) is 0 Å². The van der Waals surface area contributed by atoms with E-state index in [0.29, 0.717) is 54.8 Å². The maximum atomic E-state index is 13.8. The van der Waals surface area contributed by atoms with Gasteiger partial charge in [-0.15, -0.1) is 0 Å². The van der Waals surface area contributed by atoms with Gasteiger partial charge in [0, 0.05) is 43.1 Å². The predicted octanol–water partition coefficient (Wildman–Crippen LogP) is 18.8. The Labute approximate surface area is 733 Å². The average Bonchev–Trinajstić information content (AvgIpc) is 0.826. The third-order valence-electron chi connectivity index (χ3n) is 17.5. The maximum Gasteiger partial charge on any atom is 0.266 e. The Morgan fingerprint density at radius 2 is 0.551 bits per heavy atom. The highest BCUT2D eigenvalue weighted by Crippen LogP contribution is 2.32. The Kier molecular flexibility index (Phi) is 32.7. The lowest BCUT2D eigenvalue weighted by Crippen LogP contribution is -2.16. The van der Waals surface area contributed by atoms with Crippen LogP contribution in [0.4, 0.5) is 46.7 Å². The molecule has 10 aromatic carbocycles. The van der Waals surface area contributed by atoms with E-state index in [1.807, 2.05) is 172 Å². The van der Waals surface area contributed by atoms with E-state index in [1.165, 1.54) is 37.1 Å². The second-order valence-electron chi connectivity index (χ2n) is 27.2. The van der Waals surface area contributed by atoms with Crippen LogP contribution in [0.2, 0.25) is 0 Å². The molecule has 5 N–H and O–H groups in total. The summed E-state index contributed by atoms with van der Waals surface area (Å²) in [5, 5.41) is 0. The van der Waals surface area contributed by atoms with Crippen LogP contribution in [0, 0.1) is 44.0 Å². The van der Waals surface area contributed by atoms with Crippen LogP contribution in [0.25, 0.3) is 0 Å². The van der Waals surface area contributed by atoms with Crippen molar-refractivity contribution < 1.29 is 83.3 Å². The molecule has 5 aromatic heterocycles. The molecule has 0 aliphatic carbocycles. The van der Waals surface area contributed by atoms with Crippen LogP contribution in [0.1, 0.15) is 44.5 Å². The summed E-state index contributed by atoms with van der Waals surface area (Å²) in [6.45, 7) is 6.87. The Morgan fingerprint density at radius 1 is 0.244 bits per heavy atom. The number of nitrogens with one attached hydrogen (secondary N) is 5. The Hall–Kier alpha value is -14.6. The molecule has 15 aromatic rings. The SMILES string of the molecule is Cc1ccc(S(=O)(=O)Nc2ncccc2OCc2ccccc2)cc1.Cc1cccc(S(=O)(=O)Nc2ncccc2OCc2ccccc2)c1.Cc1ccccc1S(=O)(=O)Nc1ncccc1OCc1ccccc1.O=S(=O)(Nc1ncccc1OCc1ccccc1)c1cc(F)cc(F)c1.O=S(=O)(Nc1ncccc1OCc1ccccc1)c1ccc(F)cc1F. The number of aryl methyl sites for hydroxylation is 3. The molecule has 0 unspecified atom stereocenters. The van der Waals surface area contributed by atoms with Gasteiger partial charge in [-0.3, -0.25) is 23.6 Å². The molecular weight excluding hydrogens is 1730 g/mol. The van der Waals surface area contributed by atoms with Crippen molar-refractivity contribution in [1.29, 1.82) is 0 Å². The van der Waals surface area contributed by atoms with Gasteiger partial charge in [-0.1, -0.05) is 200 Å². The average molecular weight is 1820 g/mol. The van der Waals surface area contributed by atoms with Gasteiger partial charge in [-0.25, -0.2) is 84.6 Å². The van der Waals surface area contributed by atoms with Crippen LogP contribution < -0.4 is 47.3 Å². The van der Waals surface area contributed by atoms with Gasteiger partial charge < -0.3 is 23.7 Å². The third kappa shape index (κ3) is 28.5. The maximum absolute atomic E-state index is 13.8. The van der Waals surface area contributed by atoms with Crippen LogP contribution in [-0.2, 0) is 83.2 Å². The first-order valence-electron chi connectivity index (χ1n) is 38.4. The minimum absolute atomic E-state index is 0.0758. The largest absolute Gasteiger partial charge is 0.485 e. The van der Waals surface area contributed by atoms with Gasteiger partial charge in [-0.2, -0.15) is 0 Å². The monoisotopic (exact) mass is 1810 g/mol. The molecule has 0 aliphatic rings. The molecule has 0 saturated carbocycles. The van der Waals surface area contributed by atoms with E-state index >= 15 is 0 Å². The number of hydrogen-bond donors (Lipinski definition) is 5. The van der Waals surface area contributed by atoms with Crippen LogP contribution in [0.5, 0.6) is 28.7 Å². The molecular formula is C93H82F4N10O15S5. The first kappa shape index (κ1) is 93.1.